The molecule has 2 aliphatic rings. The molecule has 1 amide bonds. The van der Waals surface area contributed by atoms with Crippen LogP contribution in [0.2, 0.25) is 0 Å². The highest BCUT2D eigenvalue weighted by molar-refractivity contribution is 14.0. The number of carbonyl (C=O) groups is 1. The van der Waals surface area contributed by atoms with Crippen LogP contribution in [-0.4, -0.2) is 90.1 Å². The van der Waals surface area contributed by atoms with E-state index in [0.29, 0.717) is 6.54 Å². The normalized spacial score (nSPS) is 19.8. The first-order valence-electron chi connectivity index (χ1n) is 11.4. The molecule has 2 saturated heterocycles. The number of hydrogen-bond donors (Lipinski definition) is 1. The Labute approximate surface area is 203 Å². The van der Waals surface area contributed by atoms with Crippen LogP contribution in [0.4, 0.5) is 0 Å². The number of nitrogens with zero attached hydrogens (tertiary/aromatic N) is 5. The molecule has 0 spiro atoms. The van der Waals surface area contributed by atoms with E-state index in [1.807, 2.05) is 18.7 Å². The minimum absolute atomic E-state index is 0. The van der Waals surface area contributed by atoms with Gasteiger partial charge in [0, 0.05) is 63.8 Å². The maximum atomic E-state index is 12.7. The smallest absolute Gasteiger partial charge is 0.239 e. The molecule has 31 heavy (non-hydrogen) atoms. The lowest BCUT2D eigenvalue weighted by Gasteiger charge is -2.39. The molecule has 176 valence electrons. The van der Waals surface area contributed by atoms with Crippen molar-refractivity contribution in [2.24, 2.45) is 4.99 Å². The Kier molecular flexibility index (Phi) is 10.1. The number of aliphatic imine (C=N–C) groups is 1. The van der Waals surface area contributed by atoms with Crippen LogP contribution < -0.4 is 5.32 Å². The number of piperazine rings is 1. The molecule has 2 atom stereocenters. The second-order valence-electron chi connectivity index (χ2n) is 8.56. The van der Waals surface area contributed by atoms with Crippen molar-refractivity contribution >= 4 is 35.8 Å². The zero-order valence-corrected chi connectivity index (χ0v) is 22.0. The van der Waals surface area contributed by atoms with E-state index in [9.17, 15) is 4.79 Å². The fourth-order valence-corrected chi connectivity index (χ4v) is 4.61. The fourth-order valence-electron chi connectivity index (χ4n) is 4.61. The Bertz CT molecular complexity index is 719. The van der Waals surface area contributed by atoms with Gasteiger partial charge in [0.15, 0.2) is 5.96 Å². The third-order valence-corrected chi connectivity index (χ3v) is 6.37. The van der Waals surface area contributed by atoms with E-state index < -0.39 is 0 Å². The third-order valence-electron chi connectivity index (χ3n) is 6.37. The van der Waals surface area contributed by atoms with Gasteiger partial charge in [0.25, 0.3) is 0 Å². The van der Waals surface area contributed by atoms with Crippen molar-refractivity contribution in [3.63, 3.8) is 0 Å². The predicted molar refractivity (Wildman–Crippen MR) is 134 cm³/mol. The number of nitrogens with one attached hydrogen (secondary N) is 1. The molecular formula is C22H39IN6O2. The highest BCUT2D eigenvalue weighted by atomic mass is 127. The van der Waals surface area contributed by atoms with Crippen LogP contribution in [0.5, 0.6) is 0 Å². The SMILES string of the molecule is CCNC(=NCC(C)c1c(C)noc1C)N1CCN(C(C)C(=O)N2CCCC2)CC1.I. The van der Waals surface area contributed by atoms with Gasteiger partial charge in [-0.3, -0.25) is 14.7 Å². The van der Waals surface area contributed by atoms with Crippen molar-refractivity contribution in [1.82, 2.24) is 25.2 Å². The van der Waals surface area contributed by atoms with E-state index in [0.717, 1.165) is 81.6 Å². The zero-order chi connectivity index (χ0) is 21.7. The summed E-state index contributed by atoms with van der Waals surface area (Å²) in [6, 6.07) is -0.0377. The molecule has 9 heteroatoms. The Hall–Kier alpha value is -1.36. The van der Waals surface area contributed by atoms with Crippen LogP contribution in [0.25, 0.3) is 0 Å². The van der Waals surface area contributed by atoms with Crippen LogP contribution in [0.3, 0.4) is 0 Å². The van der Waals surface area contributed by atoms with Gasteiger partial charge in [0.2, 0.25) is 5.91 Å². The molecule has 0 aliphatic carbocycles. The molecule has 0 bridgehead atoms. The first kappa shape index (κ1) is 25.9. The predicted octanol–water partition coefficient (Wildman–Crippen LogP) is 2.61. The van der Waals surface area contributed by atoms with E-state index in [-0.39, 0.29) is 41.8 Å². The van der Waals surface area contributed by atoms with Gasteiger partial charge >= 0.3 is 0 Å². The van der Waals surface area contributed by atoms with Crippen molar-refractivity contribution < 1.29 is 9.32 Å². The van der Waals surface area contributed by atoms with Gasteiger partial charge in [0.1, 0.15) is 5.76 Å². The van der Waals surface area contributed by atoms with Crippen LogP contribution >= 0.6 is 24.0 Å². The number of rotatable bonds is 6. The summed E-state index contributed by atoms with van der Waals surface area (Å²) in [4.78, 5) is 24.3. The van der Waals surface area contributed by atoms with Gasteiger partial charge in [-0.25, -0.2) is 0 Å². The Morgan fingerprint density at radius 1 is 1.10 bits per heavy atom. The summed E-state index contributed by atoms with van der Waals surface area (Å²) in [5, 5.41) is 7.51. The maximum Gasteiger partial charge on any atom is 0.239 e. The van der Waals surface area contributed by atoms with Crippen LogP contribution in [0, 0.1) is 13.8 Å². The number of guanidine groups is 1. The van der Waals surface area contributed by atoms with Crippen molar-refractivity contribution in [1.29, 1.82) is 0 Å². The third kappa shape index (κ3) is 6.34. The lowest BCUT2D eigenvalue weighted by atomic mass is 10.00. The van der Waals surface area contributed by atoms with E-state index in [1.165, 1.54) is 0 Å². The fraction of sp³-hybridized carbons (Fsp3) is 0.773. The second-order valence-corrected chi connectivity index (χ2v) is 8.56. The molecule has 3 rings (SSSR count). The van der Waals surface area contributed by atoms with Crippen molar-refractivity contribution in [2.75, 3.05) is 52.4 Å². The minimum Gasteiger partial charge on any atom is -0.361 e. The van der Waals surface area contributed by atoms with Gasteiger partial charge in [-0.2, -0.15) is 0 Å². The Morgan fingerprint density at radius 3 is 2.29 bits per heavy atom. The molecule has 8 nitrogen and oxygen atoms in total. The van der Waals surface area contributed by atoms with Crippen molar-refractivity contribution in [3.8, 4) is 0 Å². The molecule has 0 aromatic carbocycles. The summed E-state index contributed by atoms with van der Waals surface area (Å²) >= 11 is 0. The average Bonchev–Trinajstić information content (AvgIpc) is 3.40. The summed E-state index contributed by atoms with van der Waals surface area (Å²) in [5.74, 6) is 2.37. The summed E-state index contributed by atoms with van der Waals surface area (Å²) in [5.41, 5.74) is 2.11. The topological polar surface area (TPSA) is 77.2 Å². The number of likely N-dealkylation sites (tertiary alicyclic amines) is 1. The molecule has 3 heterocycles. The highest BCUT2D eigenvalue weighted by Gasteiger charge is 2.30. The van der Waals surface area contributed by atoms with E-state index >= 15 is 0 Å². The summed E-state index contributed by atoms with van der Waals surface area (Å²) in [7, 11) is 0. The first-order valence-corrected chi connectivity index (χ1v) is 11.4. The van der Waals surface area contributed by atoms with E-state index in [2.05, 4.69) is 41.0 Å². The summed E-state index contributed by atoms with van der Waals surface area (Å²) in [6.07, 6.45) is 2.28. The van der Waals surface area contributed by atoms with Gasteiger partial charge < -0.3 is 19.6 Å². The largest absolute Gasteiger partial charge is 0.361 e. The molecule has 1 aromatic rings. The molecule has 1 aromatic heterocycles. The van der Waals surface area contributed by atoms with Crippen LogP contribution in [0.15, 0.2) is 9.52 Å². The van der Waals surface area contributed by atoms with Gasteiger partial charge in [-0.05, 0) is 40.5 Å². The maximum absolute atomic E-state index is 12.7. The number of carbonyl (C=O) groups excluding carboxylic acids is 1. The zero-order valence-electron chi connectivity index (χ0n) is 19.7. The number of amides is 1. The number of hydrogen-bond acceptors (Lipinski definition) is 5. The second kappa shape index (κ2) is 12.0. The molecule has 2 unspecified atom stereocenters. The van der Waals surface area contributed by atoms with Gasteiger partial charge in [0.05, 0.1) is 11.7 Å². The average molecular weight is 546 g/mol. The molecule has 0 radical (unpaired) electrons. The van der Waals surface area contributed by atoms with E-state index in [4.69, 9.17) is 9.52 Å². The summed E-state index contributed by atoms with van der Waals surface area (Å²) in [6.45, 7) is 17.2. The quantitative estimate of drug-likeness (QED) is 0.336. The monoisotopic (exact) mass is 546 g/mol. The molecule has 2 fully saturated rings. The van der Waals surface area contributed by atoms with Gasteiger partial charge in [-0.15, -0.1) is 24.0 Å². The summed E-state index contributed by atoms with van der Waals surface area (Å²) < 4.78 is 5.32. The lowest BCUT2D eigenvalue weighted by Crippen LogP contribution is -2.57. The minimum atomic E-state index is -0.0377. The lowest BCUT2D eigenvalue weighted by molar-refractivity contribution is -0.135. The van der Waals surface area contributed by atoms with Crippen molar-refractivity contribution in [2.45, 2.75) is 59.4 Å². The van der Waals surface area contributed by atoms with E-state index in [1.54, 1.807) is 0 Å². The Balaban J connectivity index is 0.00000341. The molecule has 2 aliphatic heterocycles. The number of halogens is 1. The Morgan fingerprint density at radius 2 is 1.74 bits per heavy atom. The number of aryl methyl sites for hydroxylation is 2. The van der Waals surface area contributed by atoms with Crippen LogP contribution in [0.1, 0.15) is 56.5 Å². The standard InChI is InChI=1S/C22H38N6O2.HI/c1-6-23-22(24-15-16(2)20-17(3)25-30-19(20)5)28-13-11-26(12-14-28)18(4)21(29)27-9-7-8-10-27;/h16,18H,6-15H2,1-5H3,(H,23,24);1H. The van der Waals surface area contributed by atoms with Crippen molar-refractivity contribution in [3.05, 3.63) is 17.0 Å². The molecular weight excluding hydrogens is 507 g/mol. The van der Waals surface area contributed by atoms with Gasteiger partial charge in [-0.1, -0.05) is 12.1 Å². The first-order chi connectivity index (χ1) is 14.4. The number of aromatic nitrogens is 1. The van der Waals surface area contributed by atoms with Crippen LogP contribution in [-0.2, 0) is 4.79 Å². The molecule has 1 N–H and O–H groups in total. The molecule has 0 saturated carbocycles. The highest BCUT2D eigenvalue weighted by Crippen LogP contribution is 2.23.